The molecular formula is C19H26ClNO. The molecular weight excluding hydrogens is 294 g/mol. The highest BCUT2D eigenvalue weighted by Crippen LogP contribution is 2.25. The van der Waals surface area contributed by atoms with Crippen molar-refractivity contribution in [3.05, 3.63) is 65.7 Å². The minimum atomic E-state index is 0. The molecule has 0 radical (unpaired) electrons. The van der Waals surface area contributed by atoms with Crippen LogP contribution in [0.3, 0.4) is 0 Å². The zero-order valence-electron chi connectivity index (χ0n) is 13.7. The maximum atomic E-state index is 6.32. The van der Waals surface area contributed by atoms with Crippen molar-refractivity contribution < 1.29 is 4.74 Å². The first-order valence-corrected chi connectivity index (χ1v) is 7.74. The van der Waals surface area contributed by atoms with Crippen LogP contribution in [0.1, 0.15) is 31.1 Å². The summed E-state index contributed by atoms with van der Waals surface area (Å²) < 4.78 is 6.32. The molecule has 0 N–H and O–H groups in total. The molecule has 0 spiro atoms. The molecule has 0 fully saturated rings. The minimum absolute atomic E-state index is 0. The summed E-state index contributed by atoms with van der Waals surface area (Å²) >= 11 is 0. The fourth-order valence-electron chi connectivity index (χ4n) is 2.44. The van der Waals surface area contributed by atoms with Gasteiger partial charge in [0.1, 0.15) is 11.9 Å². The zero-order valence-corrected chi connectivity index (χ0v) is 14.5. The van der Waals surface area contributed by atoms with Crippen molar-refractivity contribution >= 4 is 12.4 Å². The number of rotatable bonds is 7. The van der Waals surface area contributed by atoms with E-state index in [1.807, 2.05) is 24.3 Å². The highest BCUT2D eigenvalue weighted by Gasteiger charge is 2.17. The van der Waals surface area contributed by atoms with Crippen LogP contribution in [0.2, 0.25) is 0 Å². The van der Waals surface area contributed by atoms with Gasteiger partial charge in [0, 0.05) is 6.54 Å². The first-order chi connectivity index (χ1) is 10.2. The van der Waals surface area contributed by atoms with Gasteiger partial charge in [-0.15, -0.1) is 12.4 Å². The van der Waals surface area contributed by atoms with Crippen molar-refractivity contribution in [2.45, 2.75) is 26.9 Å². The Bertz CT molecular complexity index is 540. The maximum Gasteiger partial charge on any atom is 0.136 e. The molecule has 0 saturated heterocycles. The van der Waals surface area contributed by atoms with E-state index in [0.717, 1.165) is 25.4 Å². The molecule has 3 heteroatoms. The van der Waals surface area contributed by atoms with Crippen molar-refractivity contribution in [1.29, 1.82) is 0 Å². The van der Waals surface area contributed by atoms with Gasteiger partial charge in [0.15, 0.2) is 0 Å². The highest BCUT2D eigenvalue weighted by molar-refractivity contribution is 5.85. The van der Waals surface area contributed by atoms with Gasteiger partial charge in [0.2, 0.25) is 0 Å². The Kier molecular flexibility index (Phi) is 8.00. The molecule has 0 heterocycles. The number of para-hydroxylation sites is 1. The second-order valence-corrected chi connectivity index (χ2v) is 5.27. The minimum Gasteiger partial charge on any atom is -0.484 e. The quantitative estimate of drug-likeness (QED) is 0.721. The average Bonchev–Trinajstić information content (AvgIpc) is 2.54. The Balaban J connectivity index is 0.00000242. The van der Waals surface area contributed by atoms with E-state index < -0.39 is 0 Å². The van der Waals surface area contributed by atoms with Crippen LogP contribution >= 0.6 is 12.4 Å². The Labute approximate surface area is 140 Å². The van der Waals surface area contributed by atoms with Gasteiger partial charge in [-0.2, -0.15) is 0 Å². The Morgan fingerprint density at radius 2 is 1.50 bits per heavy atom. The van der Waals surface area contributed by atoms with E-state index in [1.54, 1.807) is 0 Å². The van der Waals surface area contributed by atoms with Gasteiger partial charge in [-0.1, -0.05) is 62.4 Å². The summed E-state index contributed by atoms with van der Waals surface area (Å²) in [5, 5.41) is 0. The van der Waals surface area contributed by atoms with Crippen molar-refractivity contribution in [1.82, 2.24) is 4.90 Å². The molecule has 0 amide bonds. The predicted molar refractivity (Wildman–Crippen MR) is 96.0 cm³/mol. The first kappa shape index (κ1) is 18.5. The molecule has 0 aliphatic heterocycles. The van der Waals surface area contributed by atoms with Crippen LogP contribution in [-0.4, -0.2) is 24.5 Å². The number of ether oxygens (including phenoxy) is 1. The molecule has 1 atom stereocenters. The number of nitrogens with zero attached hydrogens (tertiary/aromatic N) is 1. The van der Waals surface area contributed by atoms with Crippen LogP contribution in [0.5, 0.6) is 5.75 Å². The molecule has 2 aromatic carbocycles. The fourth-order valence-corrected chi connectivity index (χ4v) is 2.44. The topological polar surface area (TPSA) is 12.5 Å². The lowest BCUT2D eigenvalue weighted by Crippen LogP contribution is -2.30. The summed E-state index contributed by atoms with van der Waals surface area (Å²) in [5.41, 5.74) is 2.41. The number of hydrogen-bond acceptors (Lipinski definition) is 2. The van der Waals surface area contributed by atoms with Crippen LogP contribution in [0.25, 0.3) is 0 Å². The molecule has 2 nitrogen and oxygen atoms in total. The van der Waals surface area contributed by atoms with E-state index in [9.17, 15) is 0 Å². The van der Waals surface area contributed by atoms with Crippen LogP contribution < -0.4 is 4.74 Å². The molecule has 120 valence electrons. The third-order valence-corrected chi connectivity index (χ3v) is 3.85. The molecule has 0 bridgehead atoms. The molecule has 0 aliphatic carbocycles. The zero-order chi connectivity index (χ0) is 15.1. The van der Waals surface area contributed by atoms with Gasteiger partial charge in [0.25, 0.3) is 0 Å². The summed E-state index contributed by atoms with van der Waals surface area (Å²) in [7, 11) is 0. The van der Waals surface area contributed by atoms with Crippen molar-refractivity contribution in [3.63, 3.8) is 0 Å². The van der Waals surface area contributed by atoms with Crippen LogP contribution in [0.4, 0.5) is 0 Å². The second kappa shape index (κ2) is 9.50. The number of likely N-dealkylation sites (N-methyl/N-ethyl adjacent to an activating group) is 1. The lowest BCUT2D eigenvalue weighted by Gasteiger charge is -2.27. The third-order valence-electron chi connectivity index (χ3n) is 3.85. The second-order valence-electron chi connectivity index (χ2n) is 5.27. The maximum absolute atomic E-state index is 6.32. The van der Waals surface area contributed by atoms with Crippen LogP contribution in [0.15, 0.2) is 54.6 Å². The van der Waals surface area contributed by atoms with Gasteiger partial charge in [-0.05, 0) is 37.2 Å². The SMILES string of the molecule is CCN(CC)CC(Oc1ccccc1C)c1ccccc1.Cl. The largest absolute Gasteiger partial charge is 0.484 e. The predicted octanol–water partition coefficient (Wildman–Crippen LogP) is 4.88. The molecule has 0 aliphatic rings. The van der Waals surface area contributed by atoms with Gasteiger partial charge in [0.05, 0.1) is 0 Å². The lowest BCUT2D eigenvalue weighted by atomic mass is 10.1. The van der Waals surface area contributed by atoms with E-state index >= 15 is 0 Å². The molecule has 0 aromatic heterocycles. The average molecular weight is 320 g/mol. The normalized spacial score (nSPS) is 11.8. The molecule has 0 saturated carbocycles. The smallest absolute Gasteiger partial charge is 0.136 e. The van der Waals surface area contributed by atoms with Crippen molar-refractivity contribution in [3.8, 4) is 5.75 Å². The van der Waals surface area contributed by atoms with E-state index in [1.165, 1.54) is 11.1 Å². The van der Waals surface area contributed by atoms with Gasteiger partial charge >= 0.3 is 0 Å². The molecule has 1 unspecified atom stereocenters. The fraction of sp³-hybridized carbons (Fsp3) is 0.368. The van der Waals surface area contributed by atoms with E-state index in [0.29, 0.717) is 0 Å². The summed E-state index contributed by atoms with van der Waals surface area (Å²) in [6.07, 6.45) is 0.0622. The number of aryl methyl sites for hydroxylation is 1. The molecule has 2 aromatic rings. The van der Waals surface area contributed by atoms with Gasteiger partial charge < -0.3 is 4.74 Å². The van der Waals surface area contributed by atoms with Gasteiger partial charge in [-0.25, -0.2) is 0 Å². The summed E-state index contributed by atoms with van der Waals surface area (Å²) in [6.45, 7) is 9.46. The van der Waals surface area contributed by atoms with E-state index in [4.69, 9.17) is 4.74 Å². The molecule has 22 heavy (non-hydrogen) atoms. The van der Waals surface area contributed by atoms with Crippen molar-refractivity contribution in [2.75, 3.05) is 19.6 Å². The number of benzene rings is 2. The lowest BCUT2D eigenvalue weighted by molar-refractivity contribution is 0.139. The summed E-state index contributed by atoms with van der Waals surface area (Å²) in [6, 6.07) is 18.7. The monoisotopic (exact) mass is 319 g/mol. The van der Waals surface area contributed by atoms with E-state index in [-0.39, 0.29) is 18.5 Å². The summed E-state index contributed by atoms with van der Waals surface area (Å²) in [5.74, 6) is 0.971. The molecule has 2 rings (SSSR count). The van der Waals surface area contributed by atoms with Crippen molar-refractivity contribution in [2.24, 2.45) is 0 Å². The first-order valence-electron chi connectivity index (χ1n) is 7.74. The highest BCUT2D eigenvalue weighted by atomic mass is 35.5. The van der Waals surface area contributed by atoms with Crippen LogP contribution in [-0.2, 0) is 0 Å². The third kappa shape index (κ3) is 5.04. The van der Waals surface area contributed by atoms with Crippen LogP contribution in [0, 0.1) is 6.92 Å². The standard InChI is InChI=1S/C19H25NO.ClH/c1-4-20(5-2)15-19(17-12-7-6-8-13-17)21-18-14-10-9-11-16(18)3;/h6-14,19H,4-5,15H2,1-3H3;1H. The Hall–Kier alpha value is -1.51. The number of halogens is 1. The van der Waals surface area contributed by atoms with E-state index in [2.05, 4.69) is 56.0 Å². The number of hydrogen-bond donors (Lipinski definition) is 0. The Morgan fingerprint density at radius 1 is 0.909 bits per heavy atom. The van der Waals surface area contributed by atoms with Gasteiger partial charge in [-0.3, -0.25) is 4.90 Å². The summed E-state index contributed by atoms with van der Waals surface area (Å²) in [4.78, 5) is 2.40. The Morgan fingerprint density at radius 3 is 2.09 bits per heavy atom.